The maximum atomic E-state index is 6.00. The SMILES string of the molecule is CC(C)(C)c1ccc(-c2nnc(-c3ccc4c(c3)-c3cccc[n+]3C4)o2)cc1. The van der Waals surface area contributed by atoms with Crippen LogP contribution >= 0.6 is 0 Å². The first-order valence-electron chi connectivity index (χ1n) is 9.56. The van der Waals surface area contributed by atoms with Gasteiger partial charge in [-0.05, 0) is 41.3 Å². The van der Waals surface area contributed by atoms with E-state index in [1.165, 1.54) is 22.4 Å². The number of pyridine rings is 1. The van der Waals surface area contributed by atoms with Crippen LogP contribution in [0.4, 0.5) is 0 Å². The maximum Gasteiger partial charge on any atom is 0.248 e. The van der Waals surface area contributed by atoms with Gasteiger partial charge in [0.05, 0.1) is 5.56 Å². The lowest BCUT2D eigenvalue weighted by molar-refractivity contribution is -0.672. The Morgan fingerprint density at radius 3 is 2.32 bits per heavy atom. The van der Waals surface area contributed by atoms with Crippen molar-refractivity contribution in [2.24, 2.45) is 0 Å². The Balaban J connectivity index is 1.48. The normalized spacial score (nSPS) is 12.7. The molecule has 0 aliphatic carbocycles. The van der Waals surface area contributed by atoms with Crippen molar-refractivity contribution in [2.75, 3.05) is 0 Å². The van der Waals surface area contributed by atoms with E-state index in [-0.39, 0.29) is 5.41 Å². The summed E-state index contributed by atoms with van der Waals surface area (Å²) in [5, 5.41) is 8.56. The van der Waals surface area contributed by atoms with Crippen molar-refractivity contribution in [3.8, 4) is 34.2 Å². The molecule has 0 atom stereocenters. The molecule has 0 N–H and O–H groups in total. The van der Waals surface area contributed by atoms with Gasteiger partial charge < -0.3 is 4.42 Å². The Bertz CT molecular complexity index is 1170. The van der Waals surface area contributed by atoms with E-state index in [1.54, 1.807) is 0 Å². The molecule has 1 aliphatic rings. The molecule has 4 heteroatoms. The molecule has 1 aliphatic heterocycles. The zero-order chi connectivity index (χ0) is 19.3. The largest absolute Gasteiger partial charge is 0.416 e. The summed E-state index contributed by atoms with van der Waals surface area (Å²) in [4.78, 5) is 0. The average molecular weight is 368 g/mol. The number of hydrogen-bond acceptors (Lipinski definition) is 3. The summed E-state index contributed by atoms with van der Waals surface area (Å²) in [5.74, 6) is 1.10. The van der Waals surface area contributed by atoms with Gasteiger partial charge in [-0.1, -0.05) is 39.0 Å². The van der Waals surface area contributed by atoms with E-state index in [4.69, 9.17) is 4.42 Å². The van der Waals surface area contributed by atoms with Crippen LogP contribution in [0.1, 0.15) is 31.9 Å². The van der Waals surface area contributed by atoms with E-state index in [2.05, 4.69) is 90.3 Å². The lowest BCUT2D eigenvalue weighted by Crippen LogP contribution is -2.31. The number of benzene rings is 2. The zero-order valence-corrected chi connectivity index (χ0v) is 16.3. The Kier molecular flexibility index (Phi) is 3.69. The number of rotatable bonds is 2. The Morgan fingerprint density at radius 2 is 1.57 bits per heavy atom. The molecule has 0 radical (unpaired) electrons. The zero-order valence-electron chi connectivity index (χ0n) is 16.3. The van der Waals surface area contributed by atoms with Gasteiger partial charge >= 0.3 is 0 Å². The van der Waals surface area contributed by atoms with E-state index in [0.717, 1.165) is 17.7 Å². The first kappa shape index (κ1) is 16.9. The van der Waals surface area contributed by atoms with Crippen molar-refractivity contribution in [3.05, 3.63) is 78.0 Å². The molecule has 3 heterocycles. The van der Waals surface area contributed by atoms with Gasteiger partial charge in [-0.2, -0.15) is 4.57 Å². The fourth-order valence-electron chi connectivity index (χ4n) is 3.70. The second-order valence-electron chi connectivity index (χ2n) is 8.33. The van der Waals surface area contributed by atoms with Gasteiger partial charge in [0.2, 0.25) is 17.5 Å². The van der Waals surface area contributed by atoms with Gasteiger partial charge in [0.25, 0.3) is 0 Å². The number of aromatic nitrogens is 3. The van der Waals surface area contributed by atoms with Gasteiger partial charge in [0, 0.05) is 28.8 Å². The second-order valence-corrected chi connectivity index (χ2v) is 8.33. The molecule has 0 saturated carbocycles. The summed E-state index contributed by atoms with van der Waals surface area (Å²) < 4.78 is 8.25. The first-order chi connectivity index (χ1) is 13.5. The summed E-state index contributed by atoms with van der Waals surface area (Å²) in [6, 6.07) is 21.0. The monoisotopic (exact) mass is 368 g/mol. The summed E-state index contributed by atoms with van der Waals surface area (Å²) in [6.07, 6.45) is 2.11. The van der Waals surface area contributed by atoms with Crippen molar-refractivity contribution >= 4 is 0 Å². The molecule has 0 bridgehead atoms. The molecule has 138 valence electrons. The molecule has 2 aromatic carbocycles. The van der Waals surface area contributed by atoms with Crippen LogP contribution in [0.15, 0.2) is 71.3 Å². The molecule has 0 spiro atoms. The fraction of sp³-hybridized carbons (Fsp3) is 0.208. The van der Waals surface area contributed by atoms with Crippen molar-refractivity contribution in [2.45, 2.75) is 32.7 Å². The topological polar surface area (TPSA) is 42.8 Å². The second kappa shape index (κ2) is 6.13. The van der Waals surface area contributed by atoms with Gasteiger partial charge in [0.1, 0.15) is 0 Å². The summed E-state index contributed by atoms with van der Waals surface area (Å²) >= 11 is 0. The smallest absolute Gasteiger partial charge is 0.248 e. The number of fused-ring (bicyclic) bond motifs is 3. The lowest BCUT2D eigenvalue weighted by atomic mass is 9.87. The standard InChI is InChI=1S/C24H22N3O/c1-24(2,3)19-11-9-16(10-12-19)22-25-26-23(28-22)17-7-8-18-15-27-13-5-4-6-21(27)20(18)14-17/h4-14H,15H2,1-3H3/q+1. The minimum atomic E-state index is 0.122. The van der Waals surface area contributed by atoms with E-state index in [9.17, 15) is 0 Å². The van der Waals surface area contributed by atoms with Crippen molar-refractivity contribution in [1.29, 1.82) is 0 Å². The summed E-state index contributed by atoms with van der Waals surface area (Å²) in [7, 11) is 0. The Hall–Kier alpha value is -3.27. The lowest BCUT2D eigenvalue weighted by Gasteiger charge is -2.18. The minimum absolute atomic E-state index is 0.122. The van der Waals surface area contributed by atoms with Crippen LogP contribution in [0.3, 0.4) is 0 Å². The van der Waals surface area contributed by atoms with E-state index >= 15 is 0 Å². The third-order valence-electron chi connectivity index (χ3n) is 5.34. The summed E-state index contributed by atoms with van der Waals surface area (Å²) in [6.45, 7) is 7.52. The molecule has 4 aromatic rings. The van der Waals surface area contributed by atoms with Crippen molar-refractivity contribution < 1.29 is 8.98 Å². The van der Waals surface area contributed by atoms with Crippen molar-refractivity contribution in [1.82, 2.24) is 10.2 Å². The third-order valence-corrected chi connectivity index (χ3v) is 5.34. The third kappa shape index (κ3) is 2.82. The van der Waals surface area contributed by atoms with Crippen LogP contribution in [-0.2, 0) is 12.0 Å². The summed E-state index contributed by atoms with van der Waals surface area (Å²) in [5.41, 5.74) is 7.05. The molecule has 0 unspecified atom stereocenters. The van der Waals surface area contributed by atoms with Gasteiger partial charge in [-0.15, -0.1) is 10.2 Å². The van der Waals surface area contributed by atoms with Crippen LogP contribution in [-0.4, -0.2) is 10.2 Å². The highest BCUT2D eigenvalue weighted by molar-refractivity contribution is 5.70. The molecule has 0 saturated heterocycles. The van der Waals surface area contributed by atoms with E-state index in [0.29, 0.717) is 11.8 Å². The fourth-order valence-corrected chi connectivity index (χ4v) is 3.70. The van der Waals surface area contributed by atoms with Crippen LogP contribution in [0.2, 0.25) is 0 Å². The predicted octanol–water partition coefficient (Wildman–Crippen LogP) is 5.02. The van der Waals surface area contributed by atoms with Gasteiger partial charge in [0.15, 0.2) is 12.7 Å². The molecule has 5 rings (SSSR count). The highest BCUT2D eigenvalue weighted by atomic mass is 16.4. The highest BCUT2D eigenvalue weighted by Crippen LogP contribution is 2.32. The quantitative estimate of drug-likeness (QED) is 0.411. The molecule has 2 aromatic heterocycles. The van der Waals surface area contributed by atoms with Gasteiger partial charge in [-0.3, -0.25) is 0 Å². The van der Waals surface area contributed by atoms with Gasteiger partial charge in [-0.25, -0.2) is 0 Å². The molecule has 0 fully saturated rings. The minimum Gasteiger partial charge on any atom is -0.416 e. The average Bonchev–Trinajstić information content (AvgIpc) is 3.32. The van der Waals surface area contributed by atoms with Crippen LogP contribution in [0.5, 0.6) is 0 Å². The Morgan fingerprint density at radius 1 is 0.857 bits per heavy atom. The molecule has 0 amide bonds. The molecule has 4 nitrogen and oxygen atoms in total. The predicted molar refractivity (Wildman–Crippen MR) is 109 cm³/mol. The Labute approximate surface area is 164 Å². The molecular formula is C24H22N3O+. The number of nitrogens with zero attached hydrogens (tertiary/aromatic N) is 3. The van der Waals surface area contributed by atoms with Crippen LogP contribution in [0, 0.1) is 0 Å². The first-order valence-corrected chi connectivity index (χ1v) is 9.56. The van der Waals surface area contributed by atoms with E-state index in [1.807, 2.05) is 12.1 Å². The highest BCUT2D eigenvalue weighted by Gasteiger charge is 2.26. The van der Waals surface area contributed by atoms with Crippen LogP contribution in [0.25, 0.3) is 34.2 Å². The van der Waals surface area contributed by atoms with Crippen LogP contribution < -0.4 is 4.57 Å². The maximum absolute atomic E-state index is 6.00. The van der Waals surface area contributed by atoms with E-state index < -0.39 is 0 Å². The molecule has 28 heavy (non-hydrogen) atoms. The van der Waals surface area contributed by atoms with Crippen molar-refractivity contribution in [3.63, 3.8) is 0 Å². The number of hydrogen-bond donors (Lipinski definition) is 0. The molecular weight excluding hydrogens is 346 g/mol.